The number of nitrogens with one attached hydrogen (secondary N) is 1. The molecule has 0 radical (unpaired) electrons. The Morgan fingerprint density at radius 2 is 1.65 bits per heavy atom. The Labute approximate surface area is 201 Å². The van der Waals surface area contributed by atoms with Crippen molar-refractivity contribution in [3.05, 3.63) is 96.1 Å². The summed E-state index contributed by atoms with van der Waals surface area (Å²) < 4.78 is 40.7. The highest BCUT2D eigenvalue weighted by atomic mass is 32.2. The summed E-state index contributed by atoms with van der Waals surface area (Å²) in [5, 5.41) is 11.4. The van der Waals surface area contributed by atoms with Crippen LogP contribution in [-0.4, -0.2) is 34.8 Å². The van der Waals surface area contributed by atoms with Gasteiger partial charge >= 0.3 is 0 Å². The van der Waals surface area contributed by atoms with E-state index in [-0.39, 0.29) is 28.1 Å². The highest BCUT2D eigenvalue weighted by molar-refractivity contribution is 7.99. The van der Waals surface area contributed by atoms with Gasteiger partial charge < -0.3 is 5.32 Å². The van der Waals surface area contributed by atoms with Gasteiger partial charge in [0.1, 0.15) is 11.6 Å². The molecule has 10 heteroatoms. The predicted octanol–water partition coefficient (Wildman–Crippen LogP) is 4.42. The van der Waals surface area contributed by atoms with Gasteiger partial charge in [0.25, 0.3) is 0 Å². The molecule has 4 rings (SSSR count). The molecule has 1 aromatic heterocycles. The van der Waals surface area contributed by atoms with E-state index in [4.69, 9.17) is 0 Å². The SMILES string of the molecule is Cc1ccc(S(=O)(=O)Cc2nnc(SCC(=O)Nc3ccc(F)cc3)n2-c2ccccc2)cc1. The first-order valence-electron chi connectivity index (χ1n) is 10.3. The first-order chi connectivity index (χ1) is 16.3. The lowest BCUT2D eigenvalue weighted by molar-refractivity contribution is -0.113. The van der Waals surface area contributed by atoms with Crippen molar-refractivity contribution in [2.24, 2.45) is 0 Å². The van der Waals surface area contributed by atoms with Crippen molar-refractivity contribution < 1.29 is 17.6 Å². The molecule has 4 aromatic rings. The third kappa shape index (κ3) is 5.70. The van der Waals surface area contributed by atoms with Crippen LogP contribution in [0.3, 0.4) is 0 Å². The molecular weight excluding hydrogens is 475 g/mol. The number of hydrogen-bond acceptors (Lipinski definition) is 6. The van der Waals surface area contributed by atoms with Gasteiger partial charge in [0.15, 0.2) is 20.8 Å². The first kappa shape index (κ1) is 23.7. The molecule has 0 spiro atoms. The number of carbonyl (C=O) groups is 1. The number of aryl methyl sites for hydroxylation is 1. The number of benzene rings is 3. The standard InChI is InChI=1S/C24H21FN4O3S2/c1-17-7-13-21(14-8-17)34(31,32)16-22-27-28-24(29(22)20-5-3-2-4-6-20)33-15-23(30)26-19-11-9-18(25)10-12-19/h2-14H,15-16H2,1H3,(H,26,30). The molecule has 0 unspecified atom stereocenters. The van der Waals surface area contributed by atoms with Gasteiger partial charge in [-0.1, -0.05) is 47.7 Å². The molecule has 0 saturated carbocycles. The van der Waals surface area contributed by atoms with Crippen molar-refractivity contribution in [1.29, 1.82) is 0 Å². The molecule has 3 aromatic carbocycles. The van der Waals surface area contributed by atoms with Gasteiger partial charge in [-0.05, 0) is 55.5 Å². The van der Waals surface area contributed by atoms with E-state index >= 15 is 0 Å². The summed E-state index contributed by atoms with van der Waals surface area (Å²) >= 11 is 1.13. The number of para-hydroxylation sites is 1. The van der Waals surface area contributed by atoms with E-state index in [1.165, 1.54) is 24.3 Å². The van der Waals surface area contributed by atoms with Crippen molar-refractivity contribution in [3.8, 4) is 5.69 Å². The summed E-state index contributed by atoms with van der Waals surface area (Å²) in [6.45, 7) is 1.89. The van der Waals surface area contributed by atoms with Gasteiger partial charge in [-0.25, -0.2) is 12.8 Å². The highest BCUT2D eigenvalue weighted by Crippen LogP contribution is 2.25. The zero-order chi connectivity index (χ0) is 24.1. The van der Waals surface area contributed by atoms with E-state index in [0.717, 1.165) is 17.3 Å². The average molecular weight is 497 g/mol. The molecule has 0 fully saturated rings. The average Bonchev–Trinajstić information content (AvgIpc) is 3.21. The summed E-state index contributed by atoms with van der Waals surface area (Å²) in [4.78, 5) is 12.6. The fourth-order valence-corrected chi connectivity index (χ4v) is 5.20. The number of carbonyl (C=O) groups excluding carboxylic acids is 1. The normalized spacial score (nSPS) is 11.4. The molecule has 1 heterocycles. The highest BCUT2D eigenvalue weighted by Gasteiger charge is 2.23. The Balaban J connectivity index is 1.56. The van der Waals surface area contributed by atoms with Gasteiger partial charge in [-0.2, -0.15) is 0 Å². The summed E-state index contributed by atoms with van der Waals surface area (Å²) in [5.41, 5.74) is 2.12. The molecule has 0 aliphatic carbocycles. The number of halogens is 1. The van der Waals surface area contributed by atoms with Crippen LogP contribution in [0.25, 0.3) is 5.69 Å². The fraction of sp³-hybridized carbons (Fsp3) is 0.125. The van der Waals surface area contributed by atoms with Gasteiger partial charge in [-0.3, -0.25) is 9.36 Å². The minimum Gasteiger partial charge on any atom is -0.325 e. The smallest absolute Gasteiger partial charge is 0.234 e. The molecule has 174 valence electrons. The Morgan fingerprint density at radius 1 is 0.971 bits per heavy atom. The number of nitrogens with zero attached hydrogens (tertiary/aromatic N) is 3. The number of thioether (sulfide) groups is 1. The second-order valence-electron chi connectivity index (χ2n) is 7.49. The monoisotopic (exact) mass is 496 g/mol. The zero-order valence-corrected chi connectivity index (χ0v) is 19.8. The minimum atomic E-state index is -3.67. The second-order valence-corrected chi connectivity index (χ2v) is 10.4. The van der Waals surface area contributed by atoms with Gasteiger partial charge in [0.2, 0.25) is 5.91 Å². The van der Waals surface area contributed by atoms with Crippen LogP contribution in [-0.2, 0) is 20.4 Å². The van der Waals surface area contributed by atoms with E-state index in [2.05, 4.69) is 15.5 Å². The zero-order valence-electron chi connectivity index (χ0n) is 18.2. The molecule has 0 bridgehead atoms. The Morgan fingerprint density at radius 3 is 2.32 bits per heavy atom. The fourth-order valence-electron chi connectivity index (χ4n) is 3.18. The quantitative estimate of drug-likeness (QED) is 0.363. The maximum absolute atomic E-state index is 13.1. The second kappa shape index (κ2) is 10.2. The lowest BCUT2D eigenvalue weighted by Crippen LogP contribution is -2.15. The van der Waals surface area contributed by atoms with Gasteiger partial charge in [-0.15, -0.1) is 10.2 Å². The lowest BCUT2D eigenvalue weighted by Gasteiger charge is -2.11. The van der Waals surface area contributed by atoms with E-state index < -0.39 is 15.7 Å². The number of sulfone groups is 1. The molecule has 7 nitrogen and oxygen atoms in total. The molecule has 1 amide bonds. The topological polar surface area (TPSA) is 94.0 Å². The van der Waals surface area contributed by atoms with Crippen molar-refractivity contribution in [1.82, 2.24) is 14.8 Å². The molecular formula is C24H21FN4O3S2. The molecule has 0 aliphatic rings. The Hall–Kier alpha value is -3.50. The largest absolute Gasteiger partial charge is 0.325 e. The number of aromatic nitrogens is 3. The number of anilines is 1. The van der Waals surface area contributed by atoms with Crippen molar-refractivity contribution in [3.63, 3.8) is 0 Å². The number of hydrogen-bond donors (Lipinski definition) is 1. The number of rotatable bonds is 8. The number of amides is 1. The van der Waals surface area contributed by atoms with Crippen LogP contribution in [0.5, 0.6) is 0 Å². The van der Waals surface area contributed by atoms with Crippen molar-refractivity contribution in [2.75, 3.05) is 11.1 Å². The molecule has 34 heavy (non-hydrogen) atoms. The van der Waals surface area contributed by atoms with Crippen LogP contribution in [0.1, 0.15) is 11.4 Å². The summed E-state index contributed by atoms with van der Waals surface area (Å²) in [7, 11) is -3.67. The van der Waals surface area contributed by atoms with Crippen LogP contribution in [0, 0.1) is 12.7 Å². The maximum atomic E-state index is 13.1. The van der Waals surface area contributed by atoms with Crippen LogP contribution < -0.4 is 5.32 Å². The Bertz CT molecular complexity index is 1390. The van der Waals surface area contributed by atoms with Crippen LogP contribution in [0.4, 0.5) is 10.1 Å². The minimum absolute atomic E-state index is 0.00700. The van der Waals surface area contributed by atoms with Gasteiger partial charge in [0.05, 0.1) is 10.6 Å². The van der Waals surface area contributed by atoms with Crippen molar-refractivity contribution in [2.45, 2.75) is 22.7 Å². The molecule has 1 N–H and O–H groups in total. The van der Waals surface area contributed by atoms with Crippen LogP contribution >= 0.6 is 11.8 Å². The van der Waals surface area contributed by atoms with Crippen LogP contribution in [0.2, 0.25) is 0 Å². The lowest BCUT2D eigenvalue weighted by atomic mass is 10.2. The summed E-state index contributed by atoms with van der Waals surface area (Å²) in [5.74, 6) is -0.800. The first-order valence-corrected chi connectivity index (χ1v) is 12.9. The van der Waals surface area contributed by atoms with E-state index in [1.807, 2.05) is 37.3 Å². The van der Waals surface area contributed by atoms with Gasteiger partial charge in [0, 0.05) is 11.4 Å². The Kier molecular flexibility index (Phi) is 7.09. The van der Waals surface area contributed by atoms with Crippen LogP contribution in [0.15, 0.2) is 88.9 Å². The third-order valence-corrected chi connectivity index (χ3v) is 7.43. The third-order valence-electron chi connectivity index (χ3n) is 4.87. The molecule has 0 saturated heterocycles. The van der Waals surface area contributed by atoms with E-state index in [0.29, 0.717) is 16.5 Å². The maximum Gasteiger partial charge on any atom is 0.234 e. The molecule has 0 aliphatic heterocycles. The van der Waals surface area contributed by atoms with Crippen molar-refractivity contribution >= 4 is 33.2 Å². The van der Waals surface area contributed by atoms with E-state index in [1.54, 1.807) is 28.8 Å². The molecule has 0 atom stereocenters. The summed E-state index contributed by atoms with van der Waals surface area (Å²) in [6.07, 6.45) is 0. The van der Waals surface area contributed by atoms with E-state index in [9.17, 15) is 17.6 Å². The summed E-state index contributed by atoms with van der Waals surface area (Å²) in [6, 6.07) is 21.2. The predicted molar refractivity (Wildman–Crippen MR) is 129 cm³/mol.